The zero-order chi connectivity index (χ0) is 27.7. The van der Waals surface area contributed by atoms with E-state index in [1.54, 1.807) is 21.0 Å². The van der Waals surface area contributed by atoms with E-state index < -0.39 is 50.9 Å². The molecule has 1 aliphatic heterocycles. The average molecular weight is 546 g/mol. The van der Waals surface area contributed by atoms with Crippen LogP contribution in [0.5, 0.6) is 0 Å². The van der Waals surface area contributed by atoms with Crippen molar-refractivity contribution in [2.75, 3.05) is 40.5 Å². The summed E-state index contributed by atoms with van der Waals surface area (Å²) in [7, 11) is 1.80. The van der Waals surface area contributed by atoms with Crippen LogP contribution in [0.2, 0.25) is 0 Å². The number of aliphatic hydroxyl groups is 1. The van der Waals surface area contributed by atoms with Crippen LogP contribution >= 0.6 is 8.53 Å². The number of H-pyrrole nitrogens is 1. The van der Waals surface area contributed by atoms with Crippen LogP contribution in [-0.4, -0.2) is 95.3 Å². The lowest BCUT2D eigenvalue weighted by Gasteiger charge is -2.38. The van der Waals surface area contributed by atoms with E-state index in [-0.39, 0.29) is 38.3 Å². The smallest absolute Gasteiger partial charge is 0.330 e. The summed E-state index contributed by atoms with van der Waals surface area (Å²) in [6, 6.07) is 2.17. The molecule has 210 valence electrons. The van der Waals surface area contributed by atoms with E-state index in [4.69, 9.17) is 28.6 Å². The SMILES string of the molecule is Cc1cn([C@@H]2O[C@H](CO)[C@@H](OP(OCCC#N)N(C(C)C)C(C)C)[C@H]2OCCON(C)C)c(=O)[nH]c1=O. The molecule has 1 aromatic heterocycles. The Morgan fingerprint density at radius 2 is 1.86 bits per heavy atom. The summed E-state index contributed by atoms with van der Waals surface area (Å²) in [6.45, 7) is 9.76. The predicted molar refractivity (Wildman–Crippen MR) is 137 cm³/mol. The molecule has 0 aliphatic carbocycles. The van der Waals surface area contributed by atoms with Gasteiger partial charge < -0.3 is 23.6 Å². The fourth-order valence-electron chi connectivity index (χ4n) is 3.96. The van der Waals surface area contributed by atoms with Gasteiger partial charge in [-0.1, -0.05) is 0 Å². The summed E-state index contributed by atoms with van der Waals surface area (Å²) in [5.41, 5.74) is -0.855. The van der Waals surface area contributed by atoms with Gasteiger partial charge in [-0.05, 0) is 34.6 Å². The van der Waals surface area contributed by atoms with E-state index in [0.717, 1.165) is 0 Å². The van der Waals surface area contributed by atoms with Crippen LogP contribution in [0.15, 0.2) is 15.8 Å². The second-order valence-electron chi connectivity index (χ2n) is 9.32. The number of aromatic amines is 1. The van der Waals surface area contributed by atoms with Crippen LogP contribution in [0.4, 0.5) is 0 Å². The molecular formula is C23H40N5O8P. The van der Waals surface area contributed by atoms with Gasteiger partial charge in [0, 0.05) is 37.9 Å². The fourth-order valence-corrected chi connectivity index (χ4v) is 5.73. The van der Waals surface area contributed by atoms with Gasteiger partial charge in [0.25, 0.3) is 14.1 Å². The van der Waals surface area contributed by atoms with Gasteiger partial charge in [0.05, 0.1) is 38.9 Å². The van der Waals surface area contributed by atoms with Gasteiger partial charge >= 0.3 is 5.69 Å². The van der Waals surface area contributed by atoms with Gasteiger partial charge in [-0.15, -0.1) is 0 Å². The Kier molecular flexibility index (Phi) is 12.8. The normalized spacial score (nSPS) is 22.9. The first-order chi connectivity index (χ1) is 17.5. The van der Waals surface area contributed by atoms with E-state index >= 15 is 0 Å². The monoisotopic (exact) mass is 545 g/mol. The lowest BCUT2D eigenvalue weighted by molar-refractivity contribution is -0.150. The number of nitrogens with one attached hydrogen (secondary N) is 1. The second-order valence-corrected chi connectivity index (χ2v) is 10.7. The molecule has 5 atom stereocenters. The highest BCUT2D eigenvalue weighted by Crippen LogP contribution is 2.50. The molecule has 14 heteroatoms. The van der Waals surface area contributed by atoms with Crippen LogP contribution in [-0.2, 0) is 23.4 Å². The maximum Gasteiger partial charge on any atom is 0.330 e. The summed E-state index contributed by atoms with van der Waals surface area (Å²) in [5.74, 6) is 0. The van der Waals surface area contributed by atoms with Crippen molar-refractivity contribution in [1.29, 1.82) is 5.26 Å². The largest absolute Gasteiger partial charge is 0.394 e. The third-order valence-corrected chi connectivity index (χ3v) is 7.63. The number of aromatic nitrogens is 2. The van der Waals surface area contributed by atoms with Crippen LogP contribution in [0, 0.1) is 18.3 Å². The molecule has 37 heavy (non-hydrogen) atoms. The van der Waals surface area contributed by atoms with Gasteiger partial charge in [0.2, 0.25) is 0 Å². The van der Waals surface area contributed by atoms with E-state index in [0.29, 0.717) is 5.56 Å². The third-order valence-electron chi connectivity index (χ3n) is 5.50. The van der Waals surface area contributed by atoms with Gasteiger partial charge in [-0.3, -0.25) is 19.2 Å². The molecule has 1 fully saturated rings. The molecule has 2 heterocycles. The van der Waals surface area contributed by atoms with E-state index in [9.17, 15) is 14.7 Å². The molecule has 0 amide bonds. The van der Waals surface area contributed by atoms with Crippen LogP contribution in [0.1, 0.15) is 45.9 Å². The van der Waals surface area contributed by atoms with Crippen molar-refractivity contribution < 1.29 is 28.5 Å². The van der Waals surface area contributed by atoms with Crippen molar-refractivity contribution in [2.24, 2.45) is 0 Å². The maximum atomic E-state index is 12.7. The number of ether oxygens (including phenoxy) is 2. The number of hydrogen-bond donors (Lipinski definition) is 2. The van der Waals surface area contributed by atoms with Crippen LogP contribution in [0.25, 0.3) is 0 Å². The third kappa shape index (κ3) is 8.64. The number of hydrogen-bond acceptors (Lipinski definition) is 11. The molecule has 0 bridgehead atoms. The fraction of sp³-hybridized carbons (Fsp3) is 0.783. The minimum absolute atomic E-state index is 0.0521. The Hall–Kier alpha value is -1.72. The number of aryl methyl sites for hydroxylation is 1. The lowest BCUT2D eigenvalue weighted by Crippen LogP contribution is -2.43. The Balaban J connectivity index is 2.45. The maximum absolute atomic E-state index is 12.7. The number of nitrogens with zero attached hydrogens (tertiary/aromatic N) is 4. The highest BCUT2D eigenvalue weighted by Gasteiger charge is 2.49. The standard InChI is InChI=1S/C23H40N5O8P/c1-15(2)28(16(3)4)37(34-10-8-9-24)36-19-18(14-29)35-22(20(19)32-11-12-33-26(6)7)27-13-17(5)21(30)25-23(27)31/h13,15-16,18-20,22,29H,8,10-12,14H2,1-7H3,(H,25,30,31)/t18-,19-,20-,22-,37?/m1/s1. The molecule has 1 aliphatic rings. The first kappa shape index (κ1) is 31.5. The molecule has 2 N–H and O–H groups in total. The summed E-state index contributed by atoms with van der Waals surface area (Å²) in [5, 5.41) is 20.7. The second kappa shape index (κ2) is 15.0. The average Bonchev–Trinajstić information content (AvgIpc) is 3.15. The minimum Gasteiger partial charge on any atom is -0.394 e. The molecular weight excluding hydrogens is 505 g/mol. The minimum atomic E-state index is -1.69. The first-order valence-corrected chi connectivity index (χ1v) is 13.4. The van der Waals surface area contributed by atoms with Gasteiger partial charge in [0.15, 0.2) is 6.23 Å². The summed E-state index contributed by atoms with van der Waals surface area (Å²) in [6.07, 6.45) is -1.94. The topological polar surface area (TPSA) is 152 Å². The molecule has 0 saturated carbocycles. The number of aliphatic hydroxyl groups excluding tert-OH is 1. The molecule has 0 radical (unpaired) electrons. The van der Waals surface area contributed by atoms with E-state index in [1.807, 2.05) is 27.7 Å². The molecule has 2 rings (SSSR count). The predicted octanol–water partition coefficient (Wildman–Crippen LogP) is 1.27. The zero-order valence-corrected chi connectivity index (χ0v) is 23.5. The lowest BCUT2D eigenvalue weighted by atomic mass is 10.1. The Labute approximate surface area is 218 Å². The first-order valence-electron chi connectivity index (χ1n) is 12.3. The summed E-state index contributed by atoms with van der Waals surface area (Å²) >= 11 is 0. The summed E-state index contributed by atoms with van der Waals surface area (Å²) < 4.78 is 28.0. The molecule has 0 aromatic carbocycles. The number of rotatable bonds is 15. The van der Waals surface area contributed by atoms with Crippen molar-refractivity contribution in [3.8, 4) is 6.07 Å². The molecule has 0 spiro atoms. The molecule has 13 nitrogen and oxygen atoms in total. The molecule has 1 saturated heterocycles. The Morgan fingerprint density at radius 1 is 1.19 bits per heavy atom. The molecule has 1 unspecified atom stereocenters. The van der Waals surface area contributed by atoms with Crippen LogP contribution in [0.3, 0.4) is 0 Å². The van der Waals surface area contributed by atoms with E-state index in [2.05, 4.69) is 15.7 Å². The van der Waals surface area contributed by atoms with Gasteiger partial charge in [-0.25, -0.2) is 9.46 Å². The summed E-state index contributed by atoms with van der Waals surface area (Å²) in [4.78, 5) is 32.4. The van der Waals surface area contributed by atoms with Crippen molar-refractivity contribution in [3.63, 3.8) is 0 Å². The highest BCUT2D eigenvalue weighted by atomic mass is 31.2. The van der Waals surface area contributed by atoms with Crippen molar-refractivity contribution >= 4 is 8.53 Å². The Morgan fingerprint density at radius 3 is 2.43 bits per heavy atom. The van der Waals surface area contributed by atoms with Crippen molar-refractivity contribution in [2.45, 2.75) is 77.7 Å². The quantitative estimate of drug-likeness (QED) is 0.186. The van der Waals surface area contributed by atoms with E-state index in [1.165, 1.54) is 15.8 Å². The van der Waals surface area contributed by atoms with Crippen molar-refractivity contribution in [1.82, 2.24) is 19.3 Å². The Bertz CT molecular complexity index is 987. The number of nitriles is 1. The van der Waals surface area contributed by atoms with Gasteiger partial charge in [-0.2, -0.15) is 10.3 Å². The van der Waals surface area contributed by atoms with Crippen LogP contribution < -0.4 is 11.2 Å². The highest BCUT2D eigenvalue weighted by molar-refractivity contribution is 7.44. The number of hydroxylamine groups is 2. The molecule has 1 aromatic rings. The zero-order valence-electron chi connectivity index (χ0n) is 22.6. The van der Waals surface area contributed by atoms with Crippen molar-refractivity contribution in [3.05, 3.63) is 32.6 Å². The van der Waals surface area contributed by atoms with Gasteiger partial charge in [0.1, 0.15) is 18.3 Å².